The molecular weight excluding hydrogens is 382 g/mol. The van der Waals surface area contributed by atoms with E-state index in [1.807, 2.05) is 0 Å². The number of nitrogens with two attached hydrogens (primary N) is 1. The van der Waals surface area contributed by atoms with Gasteiger partial charge in [0.2, 0.25) is 5.91 Å². The Kier molecular flexibility index (Phi) is 6.91. The second-order valence-corrected chi connectivity index (χ2v) is 8.74. The van der Waals surface area contributed by atoms with Gasteiger partial charge >= 0.3 is 5.97 Å². The van der Waals surface area contributed by atoms with E-state index in [1.165, 1.54) is 11.8 Å². The summed E-state index contributed by atoms with van der Waals surface area (Å²) in [5, 5.41) is 2.97. The fourth-order valence-corrected chi connectivity index (χ4v) is 4.92. The highest BCUT2D eigenvalue weighted by molar-refractivity contribution is 8.39. The van der Waals surface area contributed by atoms with Crippen LogP contribution in [0.2, 0.25) is 0 Å². The number of aliphatic imine (C=N–C) groups is 1. The van der Waals surface area contributed by atoms with Crippen molar-refractivity contribution in [3.05, 3.63) is 16.0 Å². The summed E-state index contributed by atoms with van der Waals surface area (Å²) >= 11 is 3.95. The molecule has 0 radical (unpaired) electrons. The first-order valence-corrected chi connectivity index (χ1v) is 10.3. The van der Waals surface area contributed by atoms with E-state index >= 15 is 0 Å². The Bertz CT molecular complexity index is 728. The van der Waals surface area contributed by atoms with E-state index < -0.39 is 11.9 Å². The lowest BCUT2D eigenvalue weighted by atomic mass is 10.1. The zero-order chi connectivity index (χ0) is 18.6. The van der Waals surface area contributed by atoms with E-state index in [9.17, 15) is 14.4 Å². The van der Waals surface area contributed by atoms with Gasteiger partial charge in [-0.05, 0) is 26.3 Å². The smallest absolute Gasteiger partial charge is 0.341 e. The predicted molar refractivity (Wildman–Crippen MR) is 104 cm³/mol. The molecule has 0 saturated heterocycles. The lowest BCUT2D eigenvalue weighted by Gasteiger charge is -2.10. The van der Waals surface area contributed by atoms with Crippen LogP contribution in [-0.4, -0.2) is 46.3 Å². The molecule has 2 heterocycles. The van der Waals surface area contributed by atoms with Crippen LogP contribution in [0.4, 0.5) is 5.00 Å². The van der Waals surface area contributed by atoms with Gasteiger partial charge < -0.3 is 15.8 Å². The number of rotatable bonds is 6. The van der Waals surface area contributed by atoms with Crippen LogP contribution in [0, 0.1) is 6.92 Å². The fourth-order valence-electron chi connectivity index (χ4n) is 2.05. The molecule has 0 bridgehead atoms. The average molecular weight is 402 g/mol. The highest BCUT2D eigenvalue weighted by atomic mass is 32.2. The van der Waals surface area contributed by atoms with Crippen molar-refractivity contribution in [2.45, 2.75) is 26.9 Å². The van der Waals surface area contributed by atoms with E-state index in [1.54, 1.807) is 32.5 Å². The average Bonchev–Trinajstić information content (AvgIpc) is 3.12. The second-order valence-electron chi connectivity index (χ2n) is 5.41. The summed E-state index contributed by atoms with van der Waals surface area (Å²) in [4.78, 5) is 40.6. The number of primary amides is 1. The second kappa shape index (κ2) is 8.72. The van der Waals surface area contributed by atoms with Crippen LogP contribution in [0.1, 0.15) is 39.4 Å². The number of anilines is 1. The van der Waals surface area contributed by atoms with Gasteiger partial charge in [0, 0.05) is 5.75 Å². The molecule has 1 aromatic rings. The fraction of sp³-hybridized carbons (Fsp3) is 0.467. The van der Waals surface area contributed by atoms with E-state index in [2.05, 4.69) is 10.3 Å². The highest BCUT2D eigenvalue weighted by Gasteiger charge is 2.26. The van der Waals surface area contributed by atoms with Crippen molar-refractivity contribution >= 4 is 62.0 Å². The molecule has 0 aliphatic carbocycles. The summed E-state index contributed by atoms with van der Waals surface area (Å²) in [5.74, 6) is -0.409. The lowest BCUT2D eigenvalue weighted by molar-refractivity contribution is -0.113. The number of thioether (sulfide) groups is 2. The number of esters is 1. The van der Waals surface area contributed by atoms with Crippen LogP contribution >= 0.6 is 34.9 Å². The standard InChI is InChI=1S/C15H19N3O4S3/c1-7(2)22-14(21)10-8(3)11(12(16)20)25-13(10)18-9(19)6-24-15-17-4-5-23-15/h7H,4-6H2,1-3H3,(H2,16,20)(H,18,19). The van der Waals surface area contributed by atoms with Crippen molar-refractivity contribution in [3.63, 3.8) is 0 Å². The minimum absolute atomic E-state index is 0.174. The molecule has 0 spiro atoms. The Morgan fingerprint density at radius 1 is 1.40 bits per heavy atom. The van der Waals surface area contributed by atoms with Gasteiger partial charge in [0.15, 0.2) is 0 Å². The van der Waals surface area contributed by atoms with Crippen molar-refractivity contribution in [3.8, 4) is 0 Å². The molecule has 0 saturated carbocycles. The minimum atomic E-state index is -0.646. The molecule has 0 fully saturated rings. The molecule has 0 aromatic carbocycles. The SMILES string of the molecule is Cc1c(C(N)=O)sc(NC(=O)CSC2=NCCS2)c1C(=O)OC(C)C. The van der Waals surface area contributed by atoms with Crippen LogP contribution in [0.5, 0.6) is 0 Å². The quantitative estimate of drug-likeness (QED) is 0.709. The van der Waals surface area contributed by atoms with Gasteiger partial charge in [-0.25, -0.2) is 4.79 Å². The maximum atomic E-state index is 12.3. The Hall–Kier alpha value is -1.52. The largest absolute Gasteiger partial charge is 0.459 e. The molecule has 0 atom stereocenters. The molecule has 1 aliphatic heterocycles. The highest BCUT2D eigenvalue weighted by Crippen LogP contribution is 2.34. The van der Waals surface area contributed by atoms with Gasteiger partial charge in [-0.15, -0.1) is 11.3 Å². The lowest BCUT2D eigenvalue weighted by Crippen LogP contribution is -2.18. The monoisotopic (exact) mass is 401 g/mol. The molecule has 3 N–H and O–H groups in total. The minimum Gasteiger partial charge on any atom is -0.459 e. The molecular formula is C15H19N3O4S3. The normalized spacial score (nSPS) is 13.7. The zero-order valence-corrected chi connectivity index (χ0v) is 16.5. The van der Waals surface area contributed by atoms with Crippen LogP contribution in [0.3, 0.4) is 0 Å². The Morgan fingerprint density at radius 3 is 2.68 bits per heavy atom. The number of carbonyl (C=O) groups excluding carboxylic acids is 3. The number of thiophene rings is 1. The number of carbonyl (C=O) groups is 3. The Morgan fingerprint density at radius 2 is 2.12 bits per heavy atom. The molecule has 1 aliphatic rings. The van der Waals surface area contributed by atoms with Gasteiger partial charge in [0.1, 0.15) is 9.38 Å². The maximum Gasteiger partial charge on any atom is 0.341 e. The van der Waals surface area contributed by atoms with Gasteiger partial charge in [0.05, 0.1) is 28.8 Å². The number of ether oxygens (including phenoxy) is 1. The van der Waals surface area contributed by atoms with Gasteiger partial charge in [-0.2, -0.15) is 0 Å². The third kappa shape index (κ3) is 5.23. The number of hydrogen-bond donors (Lipinski definition) is 2. The van der Waals surface area contributed by atoms with E-state index in [0.29, 0.717) is 5.56 Å². The summed E-state index contributed by atoms with van der Waals surface area (Å²) in [5.41, 5.74) is 5.95. The number of amides is 2. The van der Waals surface area contributed by atoms with E-state index in [-0.39, 0.29) is 33.2 Å². The van der Waals surface area contributed by atoms with Crippen molar-refractivity contribution in [1.29, 1.82) is 0 Å². The summed E-state index contributed by atoms with van der Waals surface area (Å²) in [6, 6.07) is 0. The Balaban J connectivity index is 2.16. The molecule has 10 heteroatoms. The van der Waals surface area contributed by atoms with E-state index in [4.69, 9.17) is 10.5 Å². The number of hydrogen-bond acceptors (Lipinski definition) is 8. The van der Waals surface area contributed by atoms with Crippen LogP contribution in [0.15, 0.2) is 4.99 Å². The topological polar surface area (TPSA) is 111 Å². The van der Waals surface area contributed by atoms with Crippen molar-refractivity contribution in [1.82, 2.24) is 0 Å². The zero-order valence-electron chi connectivity index (χ0n) is 14.1. The molecule has 136 valence electrons. The predicted octanol–water partition coefficient (Wildman–Crippen LogP) is 2.50. The molecule has 2 rings (SSSR count). The van der Waals surface area contributed by atoms with Gasteiger partial charge in [0.25, 0.3) is 5.91 Å². The first-order valence-electron chi connectivity index (χ1n) is 7.53. The first kappa shape index (κ1) is 19.8. The molecule has 2 amide bonds. The van der Waals surface area contributed by atoms with Crippen LogP contribution in [-0.2, 0) is 9.53 Å². The van der Waals surface area contributed by atoms with Crippen molar-refractivity contribution in [2.75, 3.05) is 23.4 Å². The molecule has 25 heavy (non-hydrogen) atoms. The first-order chi connectivity index (χ1) is 11.8. The van der Waals surface area contributed by atoms with Gasteiger partial charge in [-0.1, -0.05) is 23.5 Å². The maximum absolute atomic E-state index is 12.3. The Labute approximate surface area is 158 Å². The summed E-state index contributed by atoms with van der Waals surface area (Å²) < 4.78 is 6.09. The summed E-state index contributed by atoms with van der Waals surface area (Å²) in [7, 11) is 0. The van der Waals surface area contributed by atoms with Crippen LogP contribution < -0.4 is 11.1 Å². The molecule has 7 nitrogen and oxygen atoms in total. The molecule has 1 aromatic heterocycles. The van der Waals surface area contributed by atoms with Gasteiger partial charge in [-0.3, -0.25) is 14.6 Å². The van der Waals surface area contributed by atoms with E-state index in [0.717, 1.165) is 28.0 Å². The summed E-state index contributed by atoms with van der Waals surface area (Å²) in [6.45, 7) is 5.83. The number of nitrogens with zero attached hydrogens (tertiary/aromatic N) is 1. The van der Waals surface area contributed by atoms with Crippen LogP contribution in [0.25, 0.3) is 0 Å². The van der Waals surface area contributed by atoms with Crippen molar-refractivity contribution < 1.29 is 19.1 Å². The third-order valence-electron chi connectivity index (χ3n) is 3.05. The number of nitrogens with one attached hydrogen (secondary N) is 1. The summed E-state index contributed by atoms with van der Waals surface area (Å²) in [6.07, 6.45) is -0.319. The van der Waals surface area contributed by atoms with Crippen molar-refractivity contribution in [2.24, 2.45) is 10.7 Å². The third-order valence-corrected chi connectivity index (χ3v) is 6.53. The molecule has 0 unspecified atom stereocenters.